The molecule has 0 radical (unpaired) electrons. The summed E-state index contributed by atoms with van der Waals surface area (Å²) >= 11 is 0. The maximum Gasteiger partial charge on any atom is 0.129 e. The van der Waals surface area contributed by atoms with Gasteiger partial charge in [-0.3, -0.25) is 9.88 Å². The lowest BCUT2D eigenvalue weighted by atomic mass is 9.95. The first-order chi connectivity index (χ1) is 17.4. The molecular formula is C31H44N4O. The highest BCUT2D eigenvalue weighted by atomic mass is 16.5. The number of rotatable bonds is 10. The fourth-order valence-electron chi connectivity index (χ4n) is 5.54. The van der Waals surface area contributed by atoms with Gasteiger partial charge in [0.25, 0.3) is 0 Å². The topological polar surface area (TPSA) is 31.8 Å². The zero-order valence-corrected chi connectivity index (χ0v) is 23.2. The zero-order valence-electron chi connectivity index (χ0n) is 23.2. The van der Waals surface area contributed by atoms with Gasteiger partial charge in [0, 0.05) is 62.1 Å². The van der Waals surface area contributed by atoms with Crippen LogP contribution in [0.25, 0.3) is 22.0 Å². The van der Waals surface area contributed by atoms with Crippen LogP contribution >= 0.6 is 0 Å². The number of nitrogens with zero attached hydrogens (tertiary/aromatic N) is 4. The Morgan fingerprint density at radius 3 is 2.25 bits per heavy atom. The average Bonchev–Trinajstić information content (AvgIpc) is 2.85. The number of pyridine rings is 1. The van der Waals surface area contributed by atoms with E-state index in [-0.39, 0.29) is 0 Å². The molecule has 194 valence electrons. The first kappa shape index (κ1) is 26.4. The van der Waals surface area contributed by atoms with Crippen LogP contribution in [0.5, 0.6) is 5.75 Å². The van der Waals surface area contributed by atoms with Gasteiger partial charge in [0.05, 0.1) is 17.1 Å². The molecule has 1 aromatic heterocycles. The van der Waals surface area contributed by atoms with Crippen molar-refractivity contribution in [1.29, 1.82) is 0 Å². The highest BCUT2D eigenvalue weighted by Crippen LogP contribution is 2.41. The number of benzene rings is 2. The molecule has 36 heavy (non-hydrogen) atoms. The molecule has 1 aliphatic rings. The normalized spacial score (nSPS) is 14.9. The SMILES string of the molecule is CCCN(CCC)c1c(C)nc(-c2c(C)cc(C)cc2OCCN2CCN(C)CC2)c2ccccc12. The first-order valence-corrected chi connectivity index (χ1v) is 13.7. The fourth-order valence-corrected chi connectivity index (χ4v) is 5.54. The summed E-state index contributed by atoms with van der Waals surface area (Å²) in [6, 6.07) is 13.2. The summed E-state index contributed by atoms with van der Waals surface area (Å²) in [4.78, 5) is 12.7. The smallest absolute Gasteiger partial charge is 0.129 e. The second-order valence-corrected chi connectivity index (χ2v) is 10.4. The molecule has 0 amide bonds. The number of aryl methyl sites for hydroxylation is 3. The Morgan fingerprint density at radius 1 is 0.917 bits per heavy atom. The van der Waals surface area contributed by atoms with Crippen LogP contribution in [0.4, 0.5) is 5.69 Å². The first-order valence-electron chi connectivity index (χ1n) is 13.7. The Labute approximate surface area is 218 Å². The Balaban J connectivity index is 1.73. The van der Waals surface area contributed by atoms with Crippen molar-refractivity contribution in [3.63, 3.8) is 0 Å². The van der Waals surface area contributed by atoms with Gasteiger partial charge in [-0.25, -0.2) is 0 Å². The van der Waals surface area contributed by atoms with Gasteiger partial charge in [0.2, 0.25) is 0 Å². The molecule has 0 atom stereocenters. The number of fused-ring (bicyclic) bond motifs is 1. The lowest BCUT2D eigenvalue weighted by Gasteiger charge is -2.32. The second-order valence-electron chi connectivity index (χ2n) is 10.4. The predicted octanol–water partition coefficient (Wildman–Crippen LogP) is 6.08. The monoisotopic (exact) mass is 488 g/mol. The highest BCUT2D eigenvalue weighted by Gasteiger charge is 2.21. The quantitative estimate of drug-likeness (QED) is 0.345. The molecule has 5 heteroatoms. The summed E-state index contributed by atoms with van der Waals surface area (Å²) in [5, 5.41) is 2.48. The number of hydrogen-bond donors (Lipinski definition) is 0. The van der Waals surface area contributed by atoms with E-state index in [4.69, 9.17) is 9.72 Å². The molecule has 1 aliphatic heterocycles. The van der Waals surface area contributed by atoms with Crippen molar-refractivity contribution in [3.05, 3.63) is 53.2 Å². The van der Waals surface area contributed by atoms with Gasteiger partial charge in [0.1, 0.15) is 12.4 Å². The van der Waals surface area contributed by atoms with E-state index in [0.717, 1.165) is 81.4 Å². The summed E-state index contributed by atoms with van der Waals surface area (Å²) in [6.07, 6.45) is 2.25. The Morgan fingerprint density at radius 2 is 1.58 bits per heavy atom. The van der Waals surface area contributed by atoms with Gasteiger partial charge < -0.3 is 14.5 Å². The molecule has 2 heterocycles. The number of piperazine rings is 1. The van der Waals surface area contributed by atoms with E-state index in [9.17, 15) is 0 Å². The molecule has 0 N–H and O–H groups in total. The van der Waals surface area contributed by atoms with Crippen molar-refractivity contribution in [2.45, 2.75) is 47.5 Å². The van der Waals surface area contributed by atoms with Gasteiger partial charge in [0.15, 0.2) is 0 Å². The van der Waals surface area contributed by atoms with Gasteiger partial charge >= 0.3 is 0 Å². The third-order valence-electron chi connectivity index (χ3n) is 7.30. The maximum atomic E-state index is 6.52. The van der Waals surface area contributed by atoms with Crippen LogP contribution < -0.4 is 9.64 Å². The third kappa shape index (κ3) is 5.84. The largest absolute Gasteiger partial charge is 0.492 e. The maximum absolute atomic E-state index is 6.52. The van der Waals surface area contributed by atoms with Crippen LogP contribution in [0, 0.1) is 20.8 Å². The van der Waals surface area contributed by atoms with Gasteiger partial charge in [-0.2, -0.15) is 0 Å². The summed E-state index contributed by atoms with van der Waals surface area (Å²) in [5.74, 6) is 0.949. The number of aromatic nitrogens is 1. The standard InChI is InChI=1S/C31H44N4O/c1-7-13-35(14-8-2)31-25(5)32-30(26-11-9-10-12-27(26)31)29-24(4)21-23(3)22-28(29)36-20-19-34-17-15-33(6)16-18-34/h9-12,21-22H,7-8,13-20H2,1-6H3. The molecular weight excluding hydrogens is 444 g/mol. The molecule has 5 nitrogen and oxygen atoms in total. The summed E-state index contributed by atoms with van der Waals surface area (Å²) in [5.41, 5.74) is 6.97. The molecule has 4 rings (SSSR count). The van der Waals surface area contributed by atoms with E-state index in [2.05, 4.69) is 92.8 Å². The molecule has 0 unspecified atom stereocenters. The van der Waals surface area contributed by atoms with Crippen molar-refractivity contribution < 1.29 is 4.74 Å². The van der Waals surface area contributed by atoms with Crippen LogP contribution in [0.2, 0.25) is 0 Å². The average molecular weight is 489 g/mol. The van der Waals surface area contributed by atoms with E-state index < -0.39 is 0 Å². The molecule has 3 aromatic rings. The summed E-state index contributed by atoms with van der Waals surface area (Å²) in [6.45, 7) is 19.2. The Hall–Kier alpha value is -2.63. The van der Waals surface area contributed by atoms with Crippen LogP contribution in [0.1, 0.15) is 43.5 Å². The van der Waals surface area contributed by atoms with Crippen molar-refractivity contribution >= 4 is 16.5 Å². The van der Waals surface area contributed by atoms with E-state index in [1.165, 1.54) is 27.6 Å². The number of anilines is 1. The minimum absolute atomic E-state index is 0.690. The fraction of sp³-hybridized carbons (Fsp3) is 0.516. The lowest BCUT2D eigenvalue weighted by molar-refractivity contribution is 0.134. The summed E-state index contributed by atoms with van der Waals surface area (Å²) < 4.78 is 6.52. The van der Waals surface area contributed by atoms with Gasteiger partial charge in [-0.15, -0.1) is 0 Å². The predicted molar refractivity (Wildman–Crippen MR) is 154 cm³/mol. The van der Waals surface area contributed by atoms with Crippen LogP contribution in [0.3, 0.4) is 0 Å². The molecule has 0 spiro atoms. The van der Waals surface area contributed by atoms with Gasteiger partial charge in [-0.1, -0.05) is 44.2 Å². The van der Waals surface area contributed by atoms with Crippen LogP contribution in [-0.4, -0.2) is 74.3 Å². The third-order valence-corrected chi connectivity index (χ3v) is 7.30. The Bertz CT molecular complexity index is 1160. The van der Waals surface area contributed by atoms with Crippen molar-refractivity contribution in [1.82, 2.24) is 14.8 Å². The van der Waals surface area contributed by atoms with Crippen molar-refractivity contribution in [3.8, 4) is 17.0 Å². The van der Waals surface area contributed by atoms with Gasteiger partial charge in [-0.05, 0) is 57.9 Å². The minimum atomic E-state index is 0.690. The molecule has 0 saturated carbocycles. The molecule has 0 aliphatic carbocycles. The van der Waals surface area contributed by atoms with E-state index in [0.29, 0.717) is 6.61 Å². The summed E-state index contributed by atoms with van der Waals surface area (Å²) in [7, 11) is 2.20. The van der Waals surface area contributed by atoms with E-state index in [1.807, 2.05) is 0 Å². The lowest BCUT2D eigenvalue weighted by Crippen LogP contribution is -2.45. The minimum Gasteiger partial charge on any atom is -0.492 e. The molecule has 2 aromatic carbocycles. The van der Waals surface area contributed by atoms with E-state index in [1.54, 1.807) is 0 Å². The number of ether oxygens (including phenoxy) is 1. The molecule has 0 bridgehead atoms. The number of likely N-dealkylation sites (N-methyl/N-ethyl adjacent to an activating group) is 1. The number of hydrogen-bond acceptors (Lipinski definition) is 5. The van der Waals surface area contributed by atoms with Crippen molar-refractivity contribution in [2.24, 2.45) is 0 Å². The van der Waals surface area contributed by atoms with Crippen LogP contribution in [-0.2, 0) is 0 Å². The zero-order chi connectivity index (χ0) is 25.7. The van der Waals surface area contributed by atoms with E-state index >= 15 is 0 Å². The molecule has 1 fully saturated rings. The van der Waals surface area contributed by atoms with Crippen LogP contribution in [0.15, 0.2) is 36.4 Å². The van der Waals surface area contributed by atoms with Crippen molar-refractivity contribution in [2.75, 3.05) is 64.4 Å². The Kier molecular flexibility index (Phi) is 8.86. The second kappa shape index (κ2) is 12.1. The highest BCUT2D eigenvalue weighted by molar-refractivity contribution is 6.04. The molecule has 1 saturated heterocycles.